The number of carbonyl (C=O) groups is 1. The number of hydrogen-bond acceptors (Lipinski definition) is 4. The Morgan fingerprint density at radius 2 is 2.21 bits per heavy atom. The Morgan fingerprint density at radius 3 is 2.89 bits per heavy atom. The number of carbonyl (C=O) groups excluding carboxylic acids is 1. The van der Waals surface area contributed by atoms with Crippen LogP contribution in [0.15, 0.2) is 45.5 Å². The fourth-order valence-corrected chi connectivity index (χ4v) is 3.67. The van der Waals surface area contributed by atoms with Crippen LogP contribution in [0.3, 0.4) is 0 Å². The summed E-state index contributed by atoms with van der Waals surface area (Å²) in [6.07, 6.45) is 3.44. The summed E-state index contributed by atoms with van der Waals surface area (Å²) in [5.41, 5.74) is -0.692. The first kappa shape index (κ1) is 20.6. The second-order valence-corrected chi connectivity index (χ2v) is 7.71. The fraction of sp³-hybridized carbons (Fsp3) is 0.368. The Bertz CT molecular complexity index is 898. The molecule has 5 nitrogen and oxygen atoms in total. The van der Waals surface area contributed by atoms with Crippen LogP contribution in [0.5, 0.6) is 0 Å². The third-order valence-electron chi connectivity index (χ3n) is 4.56. The second-order valence-electron chi connectivity index (χ2n) is 6.79. The van der Waals surface area contributed by atoms with Gasteiger partial charge in [-0.2, -0.15) is 8.78 Å². The average molecular weight is 458 g/mol. The van der Waals surface area contributed by atoms with Crippen molar-refractivity contribution in [3.05, 3.63) is 57.5 Å². The first-order valence-corrected chi connectivity index (χ1v) is 9.45. The summed E-state index contributed by atoms with van der Waals surface area (Å²) in [6.45, 7) is 2.56. The highest BCUT2D eigenvalue weighted by atomic mass is 79.9. The Kier molecular flexibility index (Phi) is 5.67. The van der Waals surface area contributed by atoms with Gasteiger partial charge in [-0.1, -0.05) is 12.1 Å². The summed E-state index contributed by atoms with van der Waals surface area (Å²) in [5, 5.41) is 11.5. The summed E-state index contributed by atoms with van der Waals surface area (Å²) in [6, 6.07) is 2.66. The molecule has 2 aliphatic rings. The van der Waals surface area contributed by atoms with E-state index in [0.29, 0.717) is 22.4 Å². The smallest absolute Gasteiger partial charge is 0.298 e. The van der Waals surface area contributed by atoms with Gasteiger partial charge in [0.2, 0.25) is 0 Å². The Morgan fingerprint density at radius 1 is 1.50 bits per heavy atom. The van der Waals surface area contributed by atoms with Crippen molar-refractivity contribution in [1.82, 2.24) is 10.2 Å². The van der Waals surface area contributed by atoms with E-state index in [1.807, 2.05) is 18.0 Å². The van der Waals surface area contributed by atoms with Crippen LogP contribution in [0, 0.1) is 5.82 Å². The number of amidine groups is 1. The normalized spacial score (nSPS) is 20.2. The number of aliphatic hydroxyl groups is 1. The highest BCUT2D eigenvalue weighted by molar-refractivity contribution is 9.11. The Balaban J connectivity index is 1.85. The van der Waals surface area contributed by atoms with E-state index < -0.39 is 35.9 Å². The molecule has 0 fully saturated rings. The largest absolute Gasteiger partial charge is 0.390 e. The lowest BCUT2D eigenvalue weighted by Gasteiger charge is -2.24. The van der Waals surface area contributed by atoms with Gasteiger partial charge in [0, 0.05) is 22.8 Å². The number of amides is 1. The molecule has 9 heteroatoms. The molecule has 0 saturated heterocycles. The molecule has 1 aromatic carbocycles. The zero-order valence-electron chi connectivity index (χ0n) is 15.2. The number of aliphatic hydroxyl groups excluding tert-OH is 1. The predicted octanol–water partition coefficient (Wildman–Crippen LogP) is 3.37. The number of allylic oxidation sites excluding steroid dienone is 2. The van der Waals surface area contributed by atoms with Gasteiger partial charge in [0.05, 0.1) is 23.2 Å². The number of halogens is 4. The van der Waals surface area contributed by atoms with Crippen molar-refractivity contribution in [3.63, 3.8) is 0 Å². The van der Waals surface area contributed by atoms with Crippen molar-refractivity contribution in [2.45, 2.75) is 31.9 Å². The molecule has 1 amide bonds. The van der Waals surface area contributed by atoms with E-state index in [9.17, 15) is 18.0 Å². The van der Waals surface area contributed by atoms with Gasteiger partial charge >= 0.3 is 0 Å². The number of alkyl halides is 2. The van der Waals surface area contributed by atoms with E-state index in [2.05, 4.69) is 26.2 Å². The molecule has 0 saturated carbocycles. The summed E-state index contributed by atoms with van der Waals surface area (Å²) in [7, 11) is 0. The number of benzene rings is 1. The lowest BCUT2D eigenvalue weighted by atomic mass is 10.00. The Hall–Kier alpha value is -2.13. The number of rotatable bonds is 5. The molecule has 0 aliphatic carbocycles. The lowest BCUT2D eigenvalue weighted by Crippen LogP contribution is -2.37. The summed E-state index contributed by atoms with van der Waals surface area (Å²) in [5.74, 6) is -4.84. The number of hydrogen-bond donors (Lipinski definition) is 2. The van der Waals surface area contributed by atoms with Crippen molar-refractivity contribution < 1.29 is 23.1 Å². The molecule has 0 radical (unpaired) electrons. The van der Waals surface area contributed by atoms with Crippen LogP contribution in [0.4, 0.5) is 13.2 Å². The van der Waals surface area contributed by atoms with Crippen LogP contribution in [0.2, 0.25) is 0 Å². The van der Waals surface area contributed by atoms with E-state index in [4.69, 9.17) is 5.11 Å². The first-order chi connectivity index (χ1) is 13.1. The summed E-state index contributed by atoms with van der Waals surface area (Å²) >= 11 is 3.36. The molecule has 0 aromatic heterocycles. The van der Waals surface area contributed by atoms with Crippen molar-refractivity contribution in [2.75, 3.05) is 13.2 Å². The monoisotopic (exact) mass is 457 g/mol. The maximum Gasteiger partial charge on any atom is 0.298 e. The van der Waals surface area contributed by atoms with Gasteiger partial charge in [0.15, 0.2) is 0 Å². The van der Waals surface area contributed by atoms with E-state index in [-0.39, 0.29) is 11.6 Å². The maximum absolute atomic E-state index is 14.6. The minimum atomic E-state index is -3.71. The number of nitrogens with zero attached hydrogens (tertiary/aromatic N) is 2. The zero-order valence-corrected chi connectivity index (χ0v) is 16.8. The fourth-order valence-electron chi connectivity index (χ4n) is 3.19. The van der Waals surface area contributed by atoms with Crippen LogP contribution in [-0.4, -0.2) is 40.9 Å². The molecular weight excluding hydrogens is 439 g/mol. The highest BCUT2D eigenvalue weighted by Crippen LogP contribution is 2.33. The van der Waals surface area contributed by atoms with Gasteiger partial charge in [-0.3, -0.25) is 9.79 Å². The SMILES string of the molecule is C[C@@H]1CN2C=C(Br)C=C(C(=O)N[C@H](C)c3cccc(C(F)(F)CO)c3F)C2=N1. The molecule has 28 heavy (non-hydrogen) atoms. The maximum atomic E-state index is 14.6. The molecule has 2 N–H and O–H groups in total. The van der Waals surface area contributed by atoms with Crippen LogP contribution in [0.1, 0.15) is 31.0 Å². The topological polar surface area (TPSA) is 64.9 Å². The summed E-state index contributed by atoms with van der Waals surface area (Å²) < 4.78 is 42.8. The van der Waals surface area contributed by atoms with Crippen molar-refractivity contribution in [1.29, 1.82) is 0 Å². The van der Waals surface area contributed by atoms with E-state index in [1.54, 1.807) is 6.08 Å². The van der Waals surface area contributed by atoms with Crippen LogP contribution in [0.25, 0.3) is 0 Å². The Labute approximate surface area is 168 Å². The lowest BCUT2D eigenvalue weighted by molar-refractivity contribution is -0.117. The third kappa shape index (κ3) is 3.86. The molecule has 0 unspecified atom stereocenters. The summed E-state index contributed by atoms with van der Waals surface area (Å²) in [4.78, 5) is 19.1. The van der Waals surface area contributed by atoms with Crippen molar-refractivity contribution >= 4 is 27.7 Å². The number of aliphatic imine (C=N–C) groups is 1. The molecular formula is C19H19BrF3N3O2. The van der Waals surface area contributed by atoms with Crippen LogP contribution < -0.4 is 5.32 Å². The quantitative estimate of drug-likeness (QED) is 0.712. The van der Waals surface area contributed by atoms with Crippen LogP contribution >= 0.6 is 15.9 Å². The molecule has 150 valence electrons. The van der Waals surface area contributed by atoms with Gasteiger partial charge in [-0.15, -0.1) is 0 Å². The van der Waals surface area contributed by atoms with E-state index >= 15 is 0 Å². The van der Waals surface area contributed by atoms with Gasteiger partial charge in [-0.25, -0.2) is 4.39 Å². The highest BCUT2D eigenvalue weighted by Gasteiger charge is 2.36. The molecule has 3 rings (SSSR count). The average Bonchev–Trinajstić information content (AvgIpc) is 3.00. The molecule has 1 aromatic rings. The first-order valence-electron chi connectivity index (χ1n) is 8.66. The van der Waals surface area contributed by atoms with E-state index in [1.165, 1.54) is 19.1 Å². The molecule has 0 bridgehead atoms. The van der Waals surface area contributed by atoms with E-state index in [0.717, 1.165) is 6.07 Å². The van der Waals surface area contributed by atoms with Gasteiger partial charge < -0.3 is 15.3 Å². The standard InChI is InChI=1S/C19H19BrF3N3O2/c1-10-7-26-8-12(20)6-14(17(26)24-10)18(28)25-11(2)13-4-3-5-15(16(13)21)19(22,23)9-27/h3-6,8,10-11,27H,7,9H2,1-2H3,(H,25,28)/t10-,11-/m1/s1. The molecule has 2 heterocycles. The van der Waals surface area contributed by atoms with Gasteiger partial charge in [0.25, 0.3) is 11.8 Å². The zero-order chi connectivity index (χ0) is 20.6. The van der Waals surface area contributed by atoms with Gasteiger partial charge in [0.1, 0.15) is 18.3 Å². The van der Waals surface area contributed by atoms with Crippen molar-refractivity contribution in [2.24, 2.45) is 4.99 Å². The van der Waals surface area contributed by atoms with Crippen LogP contribution in [-0.2, 0) is 10.7 Å². The van der Waals surface area contributed by atoms with Gasteiger partial charge in [-0.05, 0) is 41.9 Å². The molecule has 2 atom stereocenters. The third-order valence-corrected chi connectivity index (χ3v) is 4.99. The second kappa shape index (κ2) is 7.71. The van der Waals surface area contributed by atoms with Crippen molar-refractivity contribution in [3.8, 4) is 0 Å². The molecule has 0 spiro atoms. The minimum absolute atomic E-state index is 0.0214. The predicted molar refractivity (Wildman–Crippen MR) is 103 cm³/mol. The molecule has 2 aliphatic heterocycles. The number of fused-ring (bicyclic) bond motifs is 1. The number of nitrogens with one attached hydrogen (secondary N) is 1. The minimum Gasteiger partial charge on any atom is -0.390 e.